The van der Waals surface area contributed by atoms with Crippen LogP contribution in [-0.2, 0) is 27.5 Å². The van der Waals surface area contributed by atoms with Crippen molar-refractivity contribution in [1.29, 1.82) is 0 Å². The van der Waals surface area contributed by atoms with Crippen molar-refractivity contribution in [3.8, 4) is 11.3 Å². The lowest BCUT2D eigenvalue weighted by Crippen LogP contribution is -2.45. The number of amides is 1. The van der Waals surface area contributed by atoms with E-state index in [4.69, 9.17) is 0 Å². The number of aromatic nitrogens is 3. The van der Waals surface area contributed by atoms with E-state index in [2.05, 4.69) is 20.3 Å². The van der Waals surface area contributed by atoms with Crippen LogP contribution < -0.4 is 5.32 Å². The standard InChI is InChI=1S/C24H20F7N5O3S/c25-16-1-3-17(4-2-16)40(38,39)36-12-13(6-21(27)28)5-20(36)22(37)33-8-14-7-19(32-11-18(14)26)15-9-34-23(35-10-15)24(29,30)31/h1-4,7,9-11,13,20-21H,5-6,8,12H2,(H,33,37)/t13?,20-/m0/s1. The summed E-state index contributed by atoms with van der Waals surface area (Å²) in [6.07, 6.45) is -5.94. The third-order valence-corrected chi connectivity index (χ3v) is 8.05. The summed E-state index contributed by atoms with van der Waals surface area (Å²) < 4.78 is 119. The first-order valence-electron chi connectivity index (χ1n) is 11.6. The lowest BCUT2D eigenvalue weighted by molar-refractivity contribution is -0.145. The molecule has 0 aliphatic carbocycles. The van der Waals surface area contributed by atoms with Gasteiger partial charge in [-0.15, -0.1) is 0 Å². The van der Waals surface area contributed by atoms with Crippen LogP contribution in [0.15, 0.2) is 53.8 Å². The number of benzene rings is 1. The summed E-state index contributed by atoms with van der Waals surface area (Å²) in [5.41, 5.74) is -0.117. The van der Waals surface area contributed by atoms with Gasteiger partial charge >= 0.3 is 6.18 Å². The van der Waals surface area contributed by atoms with E-state index in [0.29, 0.717) is 0 Å². The predicted molar refractivity (Wildman–Crippen MR) is 125 cm³/mol. The molecular weight excluding hydrogens is 571 g/mol. The first kappa shape index (κ1) is 29.3. The molecule has 1 unspecified atom stereocenters. The average Bonchev–Trinajstić information content (AvgIpc) is 3.32. The van der Waals surface area contributed by atoms with Gasteiger partial charge in [-0.05, 0) is 42.7 Å². The van der Waals surface area contributed by atoms with E-state index in [0.717, 1.165) is 53.2 Å². The molecule has 16 heteroatoms. The van der Waals surface area contributed by atoms with Gasteiger partial charge in [-0.1, -0.05) is 0 Å². The van der Waals surface area contributed by atoms with Gasteiger partial charge in [0.15, 0.2) is 0 Å². The van der Waals surface area contributed by atoms with Crippen LogP contribution in [0.25, 0.3) is 11.3 Å². The molecule has 1 saturated heterocycles. The molecule has 4 rings (SSSR count). The molecule has 0 bridgehead atoms. The van der Waals surface area contributed by atoms with Crippen molar-refractivity contribution in [2.45, 2.75) is 42.9 Å². The molecule has 1 aliphatic rings. The summed E-state index contributed by atoms with van der Waals surface area (Å²) in [6.45, 7) is -0.869. The molecule has 0 saturated carbocycles. The van der Waals surface area contributed by atoms with Crippen LogP contribution in [0.5, 0.6) is 0 Å². The number of rotatable bonds is 8. The van der Waals surface area contributed by atoms with Gasteiger partial charge < -0.3 is 5.32 Å². The van der Waals surface area contributed by atoms with Gasteiger partial charge in [-0.3, -0.25) is 9.78 Å². The van der Waals surface area contributed by atoms with Crippen molar-refractivity contribution in [1.82, 2.24) is 24.6 Å². The minimum Gasteiger partial charge on any atom is -0.351 e. The molecule has 2 aromatic heterocycles. The number of nitrogens with zero attached hydrogens (tertiary/aromatic N) is 4. The lowest BCUT2D eigenvalue weighted by atomic mass is 10.0. The van der Waals surface area contributed by atoms with Crippen LogP contribution in [0, 0.1) is 17.6 Å². The molecule has 1 fully saturated rings. The fourth-order valence-corrected chi connectivity index (χ4v) is 5.91. The third-order valence-electron chi connectivity index (χ3n) is 6.17. The second-order valence-corrected chi connectivity index (χ2v) is 10.8. The Balaban J connectivity index is 1.53. The highest BCUT2D eigenvalue weighted by Crippen LogP contribution is 2.33. The molecule has 1 amide bonds. The van der Waals surface area contributed by atoms with Gasteiger partial charge in [0, 0.05) is 43.0 Å². The molecule has 1 aliphatic heterocycles. The Morgan fingerprint density at radius 3 is 2.30 bits per heavy atom. The number of hydrogen-bond donors (Lipinski definition) is 1. The smallest absolute Gasteiger partial charge is 0.351 e. The van der Waals surface area contributed by atoms with Gasteiger partial charge in [-0.2, -0.15) is 17.5 Å². The summed E-state index contributed by atoms with van der Waals surface area (Å²) in [5.74, 6) is -4.71. The summed E-state index contributed by atoms with van der Waals surface area (Å²) in [4.78, 5) is 22.9. The Kier molecular flexibility index (Phi) is 8.39. The molecule has 0 radical (unpaired) electrons. The van der Waals surface area contributed by atoms with Gasteiger partial charge in [0.2, 0.25) is 28.2 Å². The van der Waals surface area contributed by atoms with Crippen LogP contribution in [0.1, 0.15) is 24.2 Å². The number of carbonyl (C=O) groups is 1. The van der Waals surface area contributed by atoms with E-state index in [1.54, 1.807) is 0 Å². The Labute approximate surface area is 223 Å². The molecule has 8 nitrogen and oxygen atoms in total. The summed E-state index contributed by atoms with van der Waals surface area (Å²) in [6, 6.07) is 3.51. The number of halogens is 7. The minimum atomic E-state index is -4.77. The molecule has 3 aromatic rings. The molecular formula is C24H20F7N5O3S. The molecule has 40 heavy (non-hydrogen) atoms. The van der Waals surface area contributed by atoms with Crippen molar-refractivity contribution in [3.63, 3.8) is 0 Å². The second-order valence-electron chi connectivity index (χ2n) is 8.94. The fraction of sp³-hybridized carbons (Fsp3) is 0.333. The zero-order valence-electron chi connectivity index (χ0n) is 20.2. The van der Waals surface area contributed by atoms with E-state index < -0.39 is 70.9 Å². The zero-order valence-corrected chi connectivity index (χ0v) is 21.1. The molecule has 1 N–H and O–H groups in total. The molecule has 0 spiro atoms. The monoisotopic (exact) mass is 591 g/mol. The van der Waals surface area contributed by atoms with E-state index in [1.165, 1.54) is 0 Å². The van der Waals surface area contributed by atoms with Crippen molar-refractivity contribution in [3.05, 3.63) is 71.9 Å². The molecule has 214 valence electrons. The summed E-state index contributed by atoms with van der Waals surface area (Å²) in [7, 11) is -4.38. The Bertz CT molecular complexity index is 1470. The first-order valence-corrected chi connectivity index (χ1v) is 13.1. The van der Waals surface area contributed by atoms with Crippen LogP contribution in [0.3, 0.4) is 0 Å². The van der Waals surface area contributed by atoms with E-state index in [1.807, 2.05) is 0 Å². The fourth-order valence-electron chi connectivity index (χ4n) is 4.24. The predicted octanol–water partition coefficient (Wildman–Crippen LogP) is 4.19. The Morgan fingerprint density at radius 1 is 1.05 bits per heavy atom. The number of pyridine rings is 1. The van der Waals surface area contributed by atoms with E-state index in [-0.39, 0.29) is 34.7 Å². The molecule has 3 heterocycles. The number of nitrogens with one attached hydrogen (secondary N) is 1. The van der Waals surface area contributed by atoms with Crippen molar-refractivity contribution >= 4 is 15.9 Å². The molecule has 2 atom stereocenters. The Morgan fingerprint density at radius 2 is 1.70 bits per heavy atom. The Hall–Kier alpha value is -3.66. The highest BCUT2D eigenvalue weighted by atomic mass is 32.2. The summed E-state index contributed by atoms with van der Waals surface area (Å²) >= 11 is 0. The van der Waals surface area contributed by atoms with Gasteiger partial charge in [0.1, 0.15) is 17.7 Å². The maximum atomic E-state index is 14.4. The SMILES string of the molecule is O=C(NCc1cc(-c2cnc(C(F)(F)F)nc2)ncc1F)[C@@H]1CC(CC(F)F)CN1S(=O)(=O)c1ccc(F)cc1. The van der Waals surface area contributed by atoms with Crippen molar-refractivity contribution in [2.24, 2.45) is 5.92 Å². The maximum absolute atomic E-state index is 14.4. The largest absolute Gasteiger partial charge is 0.451 e. The van der Waals surface area contributed by atoms with Gasteiger partial charge in [0.25, 0.3) is 0 Å². The highest BCUT2D eigenvalue weighted by molar-refractivity contribution is 7.89. The van der Waals surface area contributed by atoms with Crippen LogP contribution in [-0.4, -0.2) is 52.6 Å². The zero-order chi connectivity index (χ0) is 29.2. The van der Waals surface area contributed by atoms with Crippen molar-refractivity contribution < 1.29 is 43.9 Å². The summed E-state index contributed by atoms with van der Waals surface area (Å²) in [5, 5.41) is 2.39. The van der Waals surface area contributed by atoms with E-state index >= 15 is 0 Å². The van der Waals surface area contributed by atoms with Gasteiger partial charge in [0.05, 0.1) is 16.8 Å². The number of sulfonamides is 1. The minimum absolute atomic E-state index is 0.00208. The van der Waals surface area contributed by atoms with Crippen LogP contribution in [0.2, 0.25) is 0 Å². The lowest BCUT2D eigenvalue weighted by Gasteiger charge is -2.23. The van der Waals surface area contributed by atoms with Crippen LogP contribution >= 0.6 is 0 Å². The number of carbonyl (C=O) groups excluding carboxylic acids is 1. The normalized spacial score (nSPS) is 18.3. The van der Waals surface area contributed by atoms with Crippen molar-refractivity contribution in [2.75, 3.05) is 6.54 Å². The van der Waals surface area contributed by atoms with Gasteiger partial charge in [-0.25, -0.2) is 35.9 Å². The number of hydrogen-bond acceptors (Lipinski definition) is 6. The van der Waals surface area contributed by atoms with Crippen LogP contribution in [0.4, 0.5) is 30.7 Å². The third kappa shape index (κ3) is 6.55. The topological polar surface area (TPSA) is 105 Å². The first-order chi connectivity index (χ1) is 18.8. The van der Waals surface area contributed by atoms with E-state index in [9.17, 15) is 43.9 Å². The maximum Gasteiger partial charge on any atom is 0.451 e. The highest BCUT2D eigenvalue weighted by Gasteiger charge is 2.44. The second kappa shape index (κ2) is 11.4. The average molecular weight is 592 g/mol. The molecule has 1 aromatic carbocycles. The quantitative estimate of drug-likeness (QED) is 0.394. The number of alkyl halides is 5.